The summed E-state index contributed by atoms with van der Waals surface area (Å²) >= 11 is 0. The summed E-state index contributed by atoms with van der Waals surface area (Å²) in [6.07, 6.45) is 6.35. The largest absolute Gasteiger partial charge is 0.373 e. The molecule has 7 heteroatoms. The second-order valence-electron chi connectivity index (χ2n) is 8.87. The third-order valence-corrected chi connectivity index (χ3v) is 6.59. The van der Waals surface area contributed by atoms with E-state index >= 15 is 0 Å². The van der Waals surface area contributed by atoms with Crippen LogP contribution < -0.4 is 0 Å². The molecule has 4 aromatic heterocycles. The fourth-order valence-corrected chi connectivity index (χ4v) is 4.70. The van der Waals surface area contributed by atoms with E-state index in [0.717, 1.165) is 58.7 Å². The molecular formula is C29H31N5O2. The van der Waals surface area contributed by atoms with E-state index in [0.29, 0.717) is 22.9 Å². The number of fused-ring (bicyclic) bond motifs is 1. The second kappa shape index (κ2) is 9.66. The molecule has 1 fully saturated rings. The first kappa shape index (κ1) is 23.9. The number of aromatic amines is 1. The number of hydrogen-bond acceptors (Lipinski definition) is 6. The summed E-state index contributed by atoms with van der Waals surface area (Å²) in [5, 5.41) is 16.7. The van der Waals surface area contributed by atoms with Gasteiger partial charge in [-0.25, -0.2) is 4.98 Å². The Morgan fingerprint density at radius 3 is 2.25 bits per heavy atom. The van der Waals surface area contributed by atoms with Crippen LogP contribution in [0.3, 0.4) is 0 Å². The predicted octanol–water partition coefficient (Wildman–Crippen LogP) is 6.07. The summed E-state index contributed by atoms with van der Waals surface area (Å²) in [6, 6.07) is 15.1. The van der Waals surface area contributed by atoms with Gasteiger partial charge in [-0.15, -0.1) is 0 Å². The molecule has 0 atom stereocenters. The van der Waals surface area contributed by atoms with Gasteiger partial charge in [0.05, 0.1) is 28.1 Å². The molecule has 184 valence electrons. The highest BCUT2D eigenvalue weighted by atomic mass is 16.5. The van der Waals surface area contributed by atoms with Gasteiger partial charge in [-0.2, -0.15) is 0 Å². The minimum absolute atomic E-state index is 0.435. The molecule has 1 aromatic carbocycles. The molecule has 0 saturated heterocycles. The molecule has 0 amide bonds. The van der Waals surface area contributed by atoms with Crippen molar-refractivity contribution in [2.24, 2.45) is 0 Å². The quantitative estimate of drug-likeness (QED) is 0.305. The minimum atomic E-state index is -1.61. The second-order valence-corrected chi connectivity index (χ2v) is 8.87. The van der Waals surface area contributed by atoms with E-state index in [1.54, 1.807) is 12.4 Å². The van der Waals surface area contributed by atoms with Gasteiger partial charge in [0, 0.05) is 29.4 Å². The van der Waals surface area contributed by atoms with Gasteiger partial charge in [0.25, 0.3) is 0 Å². The highest BCUT2D eigenvalue weighted by Crippen LogP contribution is 2.44. The number of H-pyrrole nitrogens is 1. The van der Waals surface area contributed by atoms with Crippen molar-refractivity contribution in [2.45, 2.75) is 58.5 Å². The van der Waals surface area contributed by atoms with Crippen LogP contribution in [0.5, 0.6) is 0 Å². The molecule has 0 radical (unpaired) electrons. The lowest BCUT2D eigenvalue weighted by Crippen LogP contribution is -2.31. The van der Waals surface area contributed by atoms with Gasteiger partial charge in [-0.3, -0.25) is 9.97 Å². The molecule has 4 heterocycles. The Morgan fingerprint density at radius 1 is 1.03 bits per heavy atom. The van der Waals surface area contributed by atoms with Gasteiger partial charge in [0.15, 0.2) is 5.60 Å². The molecule has 0 unspecified atom stereocenters. The number of benzene rings is 1. The monoisotopic (exact) mass is 481 g/mol. The number of rotatable bonds is 6. The van der Waals surface area contributed by atoms with Crippen molar-refractivity contribution in [3.05, 3.63) is 95.2 Å². The molecule has 6 rings (SSSR count). The molecular weight excluding hydrogens is 450 g/mol. The fraction of sp³-hybridized carbons (Fsp3) is 0.310. The lowest BCUT2D eigenvalue weighted by atomic mass is 9.83. The van der Waals surface area contributed by atoms with Crippen LogP contribution in [0.1, 0.15) is 73.8 Å². The highest BCUT2D eigenvalue weighted by molar-refractivity contribution is 5.88. The zero-order chi connectivity index (χ0) is 25.3. The van der Waals surface area contributed by atoms with E-state index in [1.165, 1.54) is 0 Å². The van der Waals surface area contributed by atoms with Crippen LogP contribution in [0.25, 0.3) is 22.2 Å². The smallest absolute Gasteiger partial charge is 0.176 e. The Bertz CT molecular complexity index is 1430. The number of nitrogens with one attached hydrogen (secondary N) is 1. The molecule has 7 nitrogen and oxygen atoms in total. The summed E-state index contributed by atoms with van der Waals surface area (Å²) in [5.41, 5.74) is 4.31. The van der Waals surface area contributed by atoms with Crippen molar-refractivity contribution in [1.29, 1.82) is 0 Å². The topological polar surface area (TPSA) is 101 Å². The Hall–Kier alpha value is -3.84. The highest BCUT2D eigenvalue weighted by Gasteiger charge is 2.40. The molecule has 5 aromatic rings. The molecule has 36 heavy (non-hydrogen) atoms. The zero-order valence-corrected chi connectivity index (χ0v) is 21.1. The molecule has 1 aliphatic carbocycles. The molecule has 2 N–H and O–H groups in total. The lowest BCUT2D eigenvalue weighted by molar-refractivity contribution is 0.117. The molecule has 1 saturated carbocycles. The van der Waals surface area contributed by atoms with E-state index < -0.39 is 5.60 Å². The summed E-state index contributed by atoms with van der Waals surface area (Å²) in [4.78, 5) is 17.6. The van der Waals surface area contributed by atoms with Crippen molar-refractivity contribution < 1.29 is 9.63 Å². The third-order valence-electron chi connectivity index (χ3n) is 6.59. The maximum atomic E-state index is 12.5. The van der Waals surface area contributed by atoms with Crippen LogP contribution >= 0.6 is 0 Å². The molecule has 0 spiro atoms. The lowest BCUT2D eigenvalue weighted by Gasteiger charge is -2.28. The van der Waals surface area contributed by atoms with E-state index in [2.05, 4.69) is 33.1 Å². The molecule has 0 aliphatic heterocycles. The molecule has 1 aliphatic rings. The third kappa shape index (κ3) is 3.99. The van der Waals surface area contributed by atoms with E-state index in [9.17, 15) is 5.11 Å². The van der Waals surface area contributed by atoms with Crippen LogP contribution in [-0.2, 0) is 12.0 Å². The first-order chi connectivity index (χ1) is 17.6. The number of hydrogen-bond donors (Lipinski definition) is 2. The summed E-state index contributed by atoms with van der Waals surface area (Å²) in [6.45, 7) is 7.97. The normalized spacial score (nSPS) is 13.5. The van der Waals surface area contributed by atoms with Crippen LogP contribution in [0, 0.1) is 6.92 Å². The van der Waals surface area contributed by atoms with Gasteiger partial charge < -0.3 is 14.6 Å². The van der Waals surface area contributed by atoms with E-state index in [4.69, 9.17) is 9.51 Å². The SMILES string of the molecule is CC.CCc1noc(C)c1-c1cc(C(O)(c2ccccn2)c2ccccn2)c2nc(C3CC3)[nH]c2c1. The maximum Gasteiger partial charge on any atom is 0.176 e. The van der Waals surface area contributed by atoms with Gasteiger partial charge in [0.1, 0.15) is 11.6 Å². The van der Waals surface area contributed by atoms with Crippen LogP contribution in [0.15, 0.2) is 65.4 Å². The number of pyridine rings is 2. The molecule has 0 bridgehead atoms. The first-order valence-electron chi connectivity index (χ1n) is 12.6. The Morgan fingerprint density at radius 2 is 1.69 bits per heavy atom. The number of nitrogens with zero attached hydrogens (tertiary/aromatic N) is 4. The van der Waals surface area contributed by atoms with Crippen molar-refractivity contribution >= 4 is 11.0 Å². The maximum absolute atomic E-state index is 12.5. The standard InChI is InChI=1S/C27H25N5O2.C2H6/c1-3-20-24(16(2)34-32-20)18-14-19(25-21(15-18)30-26(31-25)17-10-11-17)27(33,22-8-4-6-12-28-22)23-9-5-7-13-29-23;1-2/h4-9,12-15,17,33H,3,10-11H2,1-2H3,(H,30,31);1-2H3. The average Bonchev–Trinajstić information content (AvgIpc) is 3.59. The summed E-state index contributed by atoms with van der Waals surface area (Å²) in [5.74, 6) is 2.13. The van der Waals surface area contributed by atoms with Crippen LogP contribution in [0.4, 0.5) is 0 Å². The number of aryl methyl sites for hydroxylation is 2. The Balaban J connectivity index is 0.00000130. The van der Waals surface area contributed by atoms with Crippen molar-refractivity contribution in [3.8, 4) is 11.1 Å². The van der Waals surface area contributed by atoms with Crippen molar-refractivity contribution in [1.82, 2.24) is 25.1 Å². The Kier molecular flexibility index (Phi) is 6.41. The number of imidazole rings is 1. The van der Waals surface area contributed by atoms with E-state index in [1.807, 2.05) is 63.2 Å². The predicted molar refractivity (Wildman–Crippen MR) is 140 cm³/mol. The van der Waals surface area contributed by atoms with E-state index in [-0.39, 0.29) is 0 Å². The van der Waals surface area contributed by atoms with Gasteiger partial charge in [-0.1, -0.05) is 38.1 Å². The Labute approximate surface area is 210 Å². The minimum Gasteiger partial charge on any atom is -0.373 e. The van der Waals surface area contributed by atoms with Crippen LogP contribution in [-0.4, -0.2) is 30.2 Å². The summed E-state index contributed by atoms with van der Waals surface area (Å²) < 4.78 is 5.54. The van der Waals surface area contributed by atoms with Gasteiger partial charge in [0.2, 0.25) is 0 Å². The number of aromatic nitrogens is 5. The first-order valence-corrected chi connectivity index (χ1v) is 12.6. The van der Waals surface area contributed by atoms with Gasteiger partial charge in [-0.05, 0) is 68.1 Å². The van der Waals surface area contributed by atoms with Gasteiger partial charge >= 0.3 is 0 Å². The summed E-state index contributed by atoms with van der Waals surface area (Å²) in [7, 11) is 0. The average molecular weight is 482 g/mol. The number of aliphatic hydroxyl groups is 1. The van der Waals surface area contributed by atoms with Crippen molar-refractivity contribution in [2.75, 3.05) is 0 Å². The zero-order valence-electron chi connectivity index (χ0n) is 21.1. The van der Waals surface area contributed by atoms with Crippen molar-refractivity contribution in [3.63, 3.8) is 0 Å². The fourth-order valence-electron chi connectivity index (χ4n) is 4.70. The van der Waals surface area contributed by atoms with Crippen LogP contribution in [0.2, 0.25) is 0 Å².